The van der Waals surface area contributed by atoms with Gasteiger partial charge in [-0.1, -0.05) is 86.4 Å². The fraction of sp³-hybridized carbons (Fsp3) is 0.675. The third kappa shape index (κ3) is 12.2. The molecular weight excluding hydrogens is 771 g/mol. The molecule has 2 aromatic carbocycles. The van der Waals surface area contributed by atoms with E-state index < -0.39 is 30.5 Å². The third-order valence-corrected chi connectivity index (χ3v) is 10.8. The molecule has 0 spiro atoms. The molecule has 1 saturated heterocycles. The number of ether oxygens (including phenoxy) is 7. The summed E-state index contributed by atoms with van der Waals surface area (Å²) in [5.41, 5.74) is 2.91. The molecule has 1 saturated carbocycles. The van der Waals surface area contributed by atoms with E-state index >= 15 is 0 Å². The third-order valence-electron chi connectivity index (χ3n) is 9.34. The number of unbranched alkanes of at least 4 members (excludes halogenated alkanes) is 3. The van der Waals surface area contributed by atoms with Crippen LogP contribution in [0.4, 0.5) is 0 Å². The number of benzene rings is 2. The highest BCUT2D eigenvalue weighted by atomic mass is 127. The molecule has 1 aliphatic heterocycles. The Kier molecular flexibility index (Phi) is 17.9. The number of carbonyl (C=O) groups excluding carboxylic acids is 1. The van der Waals surface area contributed by atoms with Crippen LogP contribution in [0.25, 0.3) is 0 Å². The Bertz CT molecular complexity index is 1290. The average Bonchev–Trinajstić information content (AvgIpc) is 3.88. The van der Waals surface area contributed by atoms with E-state index in [4.69, 9.17) is 44.8 Å². The maximum atomic E-state index is 12.1. The molecule has 50 heavy (non-hydrogen) atoms. The van der Waals surface area contributed by atoms with Gasteiger partial charge in [0.15, 0.2) is 0 Å². The van der Waals surface area contributed by atoms with Gasteiger partial charge >= 0.3 is 5.97 Å². The van der Waals surface area contributed by atoms with Gasteiger partial charge in [0.1, 0.15) is 48.6 Å². The minimum atomic E-state index is -0.587. The Balaban J connectivity index is 1.78. The normalized spacial score (nSPS) is 24.6. The molecule has 7 atom stereocenters. The van der Waals surface area contributed by atoms with Crippen LogP contribution in [0, 0.1) is 11.8 Å². The van der Waals surface area contributed by atoms with Gasteiger partial charge in [0.25, 0.3) is 0 Å². The zero-order valence-electron chi connectivity index (χ0n) is 30.6. The van der Waals surface area contributed by atoms with E-state index in [1.54, 1.807) is 0 Å². The van der Waals surface area contributed by atoms with Crippen LogP contribution in [0.15, 0.2) is 36.4 Å². The molecule has 2 aliphatic rings. The van der Waals surface area contributed by atoms with Gasteiger partial charge in [-0.2, -0.15) is 0 Å². The zero-order chi connectivity index (χ0) is 35.9. The first-order valence-corrected chi connectivity index (χ1v) is 20.6. The summed E-state index contributed by atoms with van der Waals surface area (Å²) in [4.78, 5) is 12.1. The number of alkyl halides is 1. The monoisotopic (exact) mass is 828 g/mol. The SMILES string of the molecule is CCCCOC1[C@@H](OCCCC)[C@H](c2cc(Cc3ccc(OCC)cc3)c(Cl)cc2OC[C@@H]2C[C@@H]2CI)O[C@H](COC(C)=O)[C@H]1OCCCC. The van der Waals surface area contributed by atoms with Gasteiger partial charge < -0.3 is 33.2 Å². The summed E-state index contributed by atoms with van der Waals surface area (Å²) >= 11 is 9.49. The first-order chi connectivity index (χ1) is 24.3. The van der Waals surface area contributed by atoms with Crippen molar-refractivity contribution >= 4 is 40.2 Å². The van der Waals surface area contributed by atoms with Crippen LogP contribution in [0.3, 0.4) is 0 Å². The Labute approximate surface area is 318 Å². The lowest BCUT2D eigenvalue weighted by Crippen LogP contribution is -2.58. The van der Waals surface area contributed by atoms with E-state index in [9.17, 15) is 4.79 Å². The summed E-state index contributed by atoms with van der Waals surface area (Å²) in [6.45, 7) is 12.7. The molecule has 8 nitrogen and oxygen atoms in total. The van der Waals surface area contributed by atoms with Crippen LogP contribution < -0.4 is 9.47 Å². The number of hydrogen-bond acceptors (Lipinski definition) is 8. The molecule has 1 unspecified atom stereocenters. The zero-order valence-corrected chi connectivity index (χ0v) is 33.5. The molecule has 1 heterocycles. The van der Waals surface area contributed by atoms with Gasteiger partial charge in [-0.25, -0.2) is 0 Å². The van der Waals surface area contributed by atoms with E-state index in [1.807, 2.05) is 25.1 Å². The molecule has 2 fully saturated rings. The topological polar surface area (TPSA) is 81.7 Å². The Hall–Kier alpha value is -1.63. The number of esters is 1. The largest absolute Gasteiger partial charge is 0.494 e. The Morgan fingerprint density at radius 3 is 2.06 bits per heavy atom. The maximum Gasteiger partial charge on any atom is 0.302 e. The highest BCUT2D eigenvalue weighted by Crippen LogP contribution is 2.45. The molecule has 4 rings (SSSR count). The molecule has 0 bridgehead atoms. The van der Waals surface area contributed by atoms with Gasteiger partial charge in [0.05, 0.1) is 13.2 Å². The fourth-order valence-corrected chi connectivity index (χ4v) is 7.55. The summed E-state index contributed by atoms with van der Waals surface area (Å²) in [5, 5.41) is 0.631. The molecule has 0 N–H and O–H groups in total. The lowest BCUT2D eigenvalue weighted by Gasteiger charge is -2.46. The van der Waals surface area contributed by atoms with Crippen LogP contribution in [0.1, 0.15) is 102 Å². The van der Waals surface area contributed by atoms with Crippen LogP contribution in [-0.4, -0.2) is 74.5 Å². The van der Waals surface area contributed by atoms with E-state index in [0.717, 1.165) is 65.4 Å². The number of carbonyl (C=O) groups is 1. The summed E-state index contributed by atoms with van der Waals surface area (Å²) < 4.78 is 46.0. The first kappa shape index (κ1) is 41.1. The minimum Gasteiger partial charge on any atom is -0.494 e. The summed E-state index contributed by atoms with van der Waals surface area (Å²) in [7, 11) is 0. The standard InChI is InChI=1S/C40H58ClIO8/c1-6-10-17-45-38-36(26-48-27(5)43)50-37(39(46-18-11-7-2)40(38)47-19-12-8-3)33-22-29(20-28-13-15-32(16-14-28)44-9-4)34(41)23-35(33)49-25-31-21-30(31)24-42/h13-16,22-23,30-31,36-40H,6-12,17-21,24-26H2,1-5H3/t30-,31+,36-,37+,38-,39+,40?/m1/s1. The quantitative estimate of drug-likeness (QED) is 0.0475. The number of hydrogen-bond donors (Lipinski definition) is 0. The van der Waals surface area contributed by atoms with Crippen molar-refractivity contribution in [3.8, 4) is 11.5 Å². The molecule has 0 aromatic heterocycles. The van der Waals surface area contributed by atoms with Crippen LogP contribution >= 0.6 is 34.2 Å². The van der Waals surface area contributed by atoms with Crippen molar-refractivity contribution in [2.75, 3.05) is 44.1 Å². The molecule has 280 valence electrons. The van der Waals surface area contributed by atoms with Crippen LogP contribution in [0.5, 0.6) is 11.5 Å². The number of halogens is 2. The Morgan fingerprint density at radius 2 is 1.48 bits per heavy atom. The molecule has 0 amide bonds. The van der Waals surface area contributed by atoms with Crippen molar-refractivity contribution in [2.24, 2.45) is 11.8 Å². The van der Waals surface area contributed by atoms with E-state index in [-0.39, 0.29) is 12.6 Å². The fourth-order valence-electron chi connectivity index (χ4n) is 6.26. The van der Waals surface area contributed by atoms with E-state index in [1.165, 1.54) is 13.3 Å². The predicted molar refractivity (Wildman–Crippen MR) is 206 cm³/mol. The van der Waals surface area contributed by atoms with Crippen molar-refractivity contribution in [3.05, 3.63) is 58.1 Å². The summed E-state index contributed by atoms with van der Waals surface area (Å²) in [5.74, 6) is 2.34. The van der Waals surface area contributed by atoms with Gasteiger partial charge in [0, 0.05) is 41.8 Å². The maximum absolute atomic E-state index is 12.1. The highest BCUT2D eigenvalue weighted by Gasteiger charge is 2.50. The molecule has 10 heteroatoms. The van der Waals surface area contributed by atoms with Gasteiger partial charge in [0.2, 0.25) is 0 Å². The predicted octanol–water partition coefficient (Wildman–Crippen LogP) is 9.34. The summed E-state index contributed by atoms with van der Waals surface area (Å²) in [6.07, 6.45) is 4.84. The smallest absolute Gasteiger partial charge is 0.302 e. The second-order valence-corrected chi connectivity index (χ2v) is 14.7. The average molecular weight is 829 g/mol. The lowest BCUT2D eigenvalue weighted by molar-refractivity contribution is -0.267. The van der Waals surface area contributed by atoms with Gasteiger partial charge in [-0.15, -0.1) is 0 Å². The van der Waals surface area contributed by atoms with E-state index in [0.29, 0.717) is 62.1 Å². The van der Waals surface area contributed by atoms with Crippen molar-refractivity contribution in [1.29, 1.82) is 0 Å². The Morgan fingerprint density at radius 1 is 0.840 bits per heavy atom. The first-order valence-electron chi connectivity index (χ1n) is 18.7. The van der Waals surface area contributed by atoms with Crippen molar-refractivity contribution in [3.63, 3.8) is 0 Å². The lowest BCUT2D eigenvalue weighted by atomic mass is 9.88. The second-order valence-electron chi connectivity index (χ2n) is 13.4. The number of rotatable bonds is 23. The van der Waals surface area contributed by atoms with Crippen molar-refractivity contribution < 1.29 is 38.0 Å². The van der Waals surface area contributed by atoms with Crippen molar-refractivity contribution in [1.82, 2.24) is 0 Å². The van der Waals surface area contributed by atoms with Crippen LogP contribution in [0.2, 0.25) is 5.02 Å². The highest BCUT2D eigenvalue weighted by molar-refractivity contribution is 14.1. The molecule has 0 radical (unpaired) electrons. The van der Waals surface area contributed by atoms with Gasteiger partial charge in [-0.05, 0) is 86.3 Å². The minimum absolute atomic E-state index is 0.0418. The summed E-state index contributed by atoms with van der Waals surface area (Å²) in [6, 6.07) is 12.2. The van der Waals surface area contributed by atoms with E-state index in [2.05, 4.69) is 61.6 Å². The second kappa shape index (κ2) is 21.8. The van der Waals surface area contributed by atoms with Crippen molar-refractivity contribution in [2.45, 2.75) is 117 Å². The molecule has 2 aromatic rings. The molecular formula is C40H58ClIO8. The van der Waals surface area contributed by atoms with Gasteiger partial charge in [-0.3, -0.25) is 4.79 Å². The molecule has 1 aliphatic carbocycles. The van der Waals surface area contributed by atoms with Crippen LogP contribution in [-0.2, 0) is 34.9 Å².